The molecular weight excluding hydrogens is 416 g/mol. The van der Waals surface area contributed by atoms with Gasteiger partial charge < -0.3 is 4.90 Å². The van der Waals surface area contributed by atoms with Crippen molar-refractivity contribution in [3.05, 3.63) is 58.1 Å². The summed E-state index contributed by atoms with van der Waals surface area (Å²) in [6, 6.07) is 12.3. The van der Waals surface area contributed by atoms with E-state index in [-0.39, 0.29) is 23.3 Å². The molecule has 0 saturated heterocycles. The lowest BCUT2D eigenvalue weighted by Crippen LogP contribution is -2.32. The minimum Gasteiger partial charge on any atom is -0.312 e. The first-order valence-corrected chi connectivity index (χ1v) is 10.7. The molecule has 0 bridgehead atoms. The summed E-state index contributed by atoms with van der Waals surface area (Å²) in [4.78, 5) is 14.3. The Bertz CT molecular complexity index is 924. The van der Waals surface area contributed by atoms with Crippen LogP contribution in [-0.2, 0) is 27.8 Å². The van der Waals surface area contributed by atoms with Crippen LogP contribution in [0.15, 0.2) is 51.8 Å². The van der Waals surface area contributed by atoms with Gasteiger partial charge in [0.25, 0.3) is 0 Å². The summed E-state index contributed by atoms with van der Waals surface area (Å²) in [7, 11) is -3.56. The van der Waals surface area contributed by atoms with Gasteiger partial charge >= 0.3 is 0 Å². The van der Waals surface area contributed by atoms with Crippen molar-refractivity contribution in [2.24, 2.45) is 5.92 Å². The third-order valence-corrected chi connectivity index (χ3v) is 6.34. The number of hydrogen-bond acceptors (Lipinski definition) is 3. The summed E-state index contributed by atoms with van der Waals surface area (Å²) >= 11 is 3.30. The zero-order chi connectivity index (χ0) is 18.9. The predicted octanol–water partition coefficient (Wildman–Crippen LogP) is 3.47. The second-order valence-electron chi connectivity index (χ2n) is 6.64. The van der Waals surface area contributed by atoms with Crippen LogP contribution < -0.4 is 9.62 Å². The number of amides is 1. The fourth-order valence-electron chi connectivity index (χ4n) is 2.98. The third-order valence-electron chi connectivity index (χ3n) is 4.39. The van der Waals surface area contributed by atoms with Gasteiger partial charge in [0.1, 0.15) is 0 Å². The van der Waals surface area contributed by atoms with Gasteiger partial charge in [-0.3, -0.25) is 4.79 Å². The van der Waals surface area contributed by atoms with Gasteiger partial charge in [0.2, 0.25) is 15.9 Å². The van der Waals surface area contributed by atoms with Crippen LogP contribution in [0.25, 0.3) is 0 Å². The van der Waals surface area contributed by atoms with Crippen LogP contribution in [0.5, 0.6) is 0 Å². The van der Waals surface area contributed by atoms with E-state index in [9.17, 15) is 13.2 Å². The molecule has 0 aromatic heterocycles. The highest BCUT2D eigenvalue weighted by atomic mass is 79.9. The van der Waals surface area contributed by atoms with Crippen molar-refractivity contribution in [1.82, 2.24) is 4.72 Å². The molecule has 2 aromatic carbocycles. The highest BCUT2D eigenvalue weighted by molar-refractivity contribution is 9.10. The van der Waals surface area contributed by atoms with E-state index in [0.717, 1.165) is 27.7 Å². The molecule has 0 saturated carbocycles. The lowest BCUT2D eigenvalue weighted by atomic mass is 10.1. The molecule has 1 aliphatic heterocycles. The Morgan fingerprint density at radius 3 is 2.54 bits per heavy atom. The fourth-order valence-corrected chi connectivity index (χ4v) is 4.26. The maximum atomic E-state index is 12.4. The van der Waals surface area contributed by atoms with Gasteiger partial charge in [0.05, 0.1) is 4.90 Å². The van der Waals surface area contributed by atoms with E-state index in [1.54, 1.807) is 24.3 Å². The van der Waals surface area contributed by atoms with Crippen molar-refractivity contribution in [3.8, 4) is 0 Å². The highest BCUT2D eigenvalue weighted by Gasteiger charge is 2.26. The van der Waals surface area contributed by atoms with E-state index in [1.807, 2.05) is 36.9 Å². The van der Waals surface area contributed by atoms with Crippen LogP contribution >= 0.6 is 15.9 Å². The van der Waals surface area contributed by atoms with Crippen LogP contribution in [0.3, 0.4) is 0 Å². The van der Waals surface area contributed by atoms with E-state index in [2.05, 4.69) is 20.7 Å². The van der Waals surface area contributed by atoms with Gasteiger partial charge in [-0.25, -0.2) is 13.1 Å². The number of fused-ring (bicyclic) bond motifs is 1. The zero-order valence-corrected chi connectivity index (χ0v) is 17.1. The Kier molecular flexibility index (Phi) is 5.50. The SMILES string of the molecule is CC(C)C(=O)N1CCc2cc(CNS(=O)(=O)c3ccc(Br)cc3)ccc21. The maximum Gasteiger partial charge on any atom is 0.240 e. The van der Waals surface area contributed by atoms with Gasteiger partial charge in [0, 0.05) is 29.2 Å². The Morgan fingerprint density at radius 2 is 1.88 bits per heavy atom. The van der Waals surface area contributed by atoms with Crippen LogP contribution in [0.2, 0.25) is 0 Å². The summed E-state index contributed by atoms with van der Waals surface area (Å²) in [5.41, 5.74) is 2.89. The Hall–Kier alpha value is -1.70. The number of carbonyl (C=O) groups is 1. The number of hydrogen-bond donors (Lipinski definition) is 1. The van der Waals surface area contributed by atoms with Crippen LogP contribution in [-0.4, -0.2) is 20.9 Å². The molecule has 7 heteroatoms. The van der Waals surface area contributed by atoms with Crippen LogP contribution in [0, 0.1) is 5.92 Å². The molecular formula is C19H21BrN2O3S. The number of nitrogens with zero attached hydrogens (tertiary/aromatic N) is 1. The lowest BCUT2D eigenvalue weighted by Gasteiger charge is -2.19. The van der Waals surface area contributed by atoms with E-state index >= 15 is 0 Å². The minimum absolute atomic E-state index is 0.0432. The molecule has 0 spiro atoms. The van der Waals surface area contributed by atoms with E-state index in [1.165, 1.54) is 0 Å². The molecule has 0 unspecified atom stereocenters. The fraction of sp³-hybridized carbons (Fsp3) is 0.316. The Balaban J connectivity index is 1.72. The molecule has 0 radical (unpaired) electrons. The second-order valence-corrected chi connectivity index (χ2v) is 9.32. The van der Waals surface area contributed by atoms with Gasteiger partial charge in [-0.15, -0.1) is 0 Å². The van der Waals surface area contributed by atoms with Crippen LogP contribution in [0.4, 0.5) is 5.69 Å². The zero-order valence-electron chi connectivity index (χ0n) is 14.7. The van der Waals surface area contributed by atoms with Gasteiger partial charge in [-0.05, 0) is 47.9 Å². The summed E-state index contributed by atoms with van der Waals surface area (Å²) in [6.45, 7) is 4.68. The standard InChI is InChI=1S/C19H21BrN2O3S/c1-13(2)19(23)22-10-9-15-11-14(3-8-18(15)22)12-21-26(24,25)17-6-4-16(20)5-7-17/h3-8,11,13,21H,9-10,12H2,1-2H3. The molecule has 0 fully saturated rings. The summed E-state index contributed by atoms with van der Waals surface area (Å²) in [5, 5.41) is 0. The number of sulfonamides is 1. The molecule has 3 rings (SSSR count). The molecule has 1 N–H and O–H groups in total. The molecule has 26 heavy (non-hydrogen) atoms. The van der Waals surface area contributed by atoms with Crippen molar-refractivity contribution < 1.29 is 13.2 Å². The van der Waals surface area contributed by atoms with E-state index < -0.39 is 10.0 Å². The first-order valence-electron chi connectivity index (χ1n) is 8.46. The Labute approximate surface area is 162 Å². The number of benzene rings is 2. The molecule has 1 heterocycles. The average Bonchev–Trinajstić information content (AvgIpc) is 3.02. The number of carbonyl (C=O) groups excluding carboxylic acids is 1. The molecule has 2 aromatic rings. The molecule has 0 atom stereocenters. The predicted molar refractivity (Wildman–Crippen MR) is 106 cm³/mol. The van der Waals surface area contributed by atoms with Crippen molar-refractivity contribution in [2.45, 2.75) is 31.7 Å². The number of rotatable bonds is 5. The Morgan fingerprint density at radius 1 is 1.19 bits per heavy atom. The third kappa shape index (κ3) is 4.00. The lowest BCUT2D eigenvalue weighted by molar-refractivity contribution is -0.121. The highest BCUT2D eigenvalue weighted by Crippen LogP contribution is 2.30. The topological polar surface area (TPSA) is 66.5 Å². The number of anilines is 1. The van der Waals surface area contributed by atoms with Crippen molar-refractivity contribution in [2.75, 3.05) is 11.4 Å². The first kappa shape index (κ1) is 19.1. The summed E-state index contributed by atoms with van der Waals surface area (Å²) < 4.78 is 28.2. The quantitative estimate of drug-likeness (QED) is 0.779. The molecule has 1 amide bonds. The van der Waals surface area contributed by atoms with Crippen molar-refractivity contribution >= 4 is 37.5 Å². The normalized spacial score (nSPS) is 13.9. The van der Waals surface area contributed by atoms with Gasteiger partial charge in [0.15, 0.2) is 0 Å². The number of halogens is 1. The average molecular weight is 437 g/mol. The largest absolute Gasteiger partial charge is 0.312 e. The second kappa shape index (κ2) is 7.50. The molecule has 138 valence electrons. The molecule has 5 nitrogen and oxygen atoms in total. The smallest absolute Gasteiger partial charge is 0.240 e. The molecule has 0 aliphatic carbocycles. The van der Waals surface area contributed by atoms with E-state index in [0.29, 0.717) is 6.54 Å². The first-order chi connectivity index (χ1) is 12.3. The minimum atomic E-state index is -3.56. The monoisotopic (exact) mass is 436 g/mol. The number of nitrogens with one attached hydrogen (secondary N) is 1. The molecule has 1 aliphatic rings. The summed E-state index contributed by atoms with van der Waals surface area (Å²) in [6.07, 6.45) is 0.793. The van der Waals surface area contributed by atoms with E-state index in [4.69, 9.17) is 0 Å². The van der Waals surface area contributed by atoms with Crippen molar-refractivity contribution in [1.29, 1.82) is 0 Å². The van der Waals surface area contributed by atoms with Gasteiger partial charge in [-0.1, -0.05) is 41.9 Å². The maximum absolute atomic E-state index is 12.4. The van der Waals surface area contributed by atoms with Gasteiger partial charge in [-0.2, -0.15) is 0 Å². The summed E-state index contributed by atoms with van der Waals surface area (Å²) in [5.74, 6) is 0.0748. The van der Waals surface area contributed by atoms with Crippen LogP contribution in [0.1, 0.15) is 25.0 Å². The van der Waals surface area contributed by atoms with Crippen molar-refractivity contribution in [3.63, 3.8) is 0 Å².